The lowest BCUT2D eigenvalue weighted by atomic mass is 10.2. The lowest BCUT2D eigenvalue weighted by Gasteiger charge is -2.07. The highest BCUT2D eigenvalue weighted by molar-refractivity contribution is 5.39. The number of halogens is 3. The summed E-state index contributed by atoms with van der Waals surface area (Å²) in [5, 5.41) is 12.9. The second kappa shape index (κ2) is 5.55. The first kappa shape index (κ1) is 13.8. The molecule has 0 aliphatic rings. The number of pyridine rings is 1. The molecule has 0 saturated heterocycles. The molecule has 20 heavy (non-hydrogen) atoms. The van der Waals surface area contributed by atoms with Crippen molar-refractivity contribution in [2.24, 2.45) is 0 Å². The molecule has 0 fully saturated rings. The van der Waals surface area contributed by atoms with E-state index < -0.39 is 28.3 Å². The van der Waals surface area contributed by atoms with Crippen LogP contribution in [-0.4, -0.2) is 9.91 Å². The fourth-order valence-corrected chi connectivity index (χ4v) is 1.49. The van der Waals surface area contributed by atoms with E-state index in [4.69, 9.17) is 0 Å². The SMILES string of the molecule is O=[N+]([O-])c1ccc(CNc2nc(F)c(F)cc2F)cc1. The van der Waals surface area contributed by atoms with Crippen molar-refractivity contribution in [1.29, 1.82) is 0 Å². The van der Waals surface area contributed by atoms with Gasteiger partial charge >= 0.3 is 0 Å². The number of nitro benzene ring substituents is 1. The summed E-state index contributed by atoms with van der Waals surface area (Å²) in [4.78, 5) is 13.0. The van der Waals surface area contributed by atoms with Crippen molar-refractivity contribution in [1.82, 2.24) is 4.98 Å². The topological polar surface area (TPSA) is 68.1 Å². The molecule has 0 amide bonds. The zero-order valence-corrected chi connectivity index (χ0v) is 9.94. The molecule has 1 N–H and O–H groups in total. The van der Waals surface area contributed by atoms with E-state index in [1.165, 1.54) is 24.3 Å². The van der Waals surface area contributed by atoms with Crippen molar-refractivity contribution in [3.63, 3.8) is 0 Å². The predicted molar refractivity (Wildman–Crippen MR) is 64.5 cm³/mol. The van der Waals surface area contributed by atoms with Gasteiger partial charge in [0, 0.05) is 24.7 Å². The molecule has 0 unspecified atom stereocenters. The lowest BCUT2D eigenvalue weighted by Crippen LogP contribution is -2.06. The first-order valence-electron chi connectivity index (χ1n) is 5.46. The summed E-state index contributed by atoms with van der Waals surface area (Å²) in [6.07, 6.45) is 0. The largest absolute Gasteiger partial charge is 0.363 e. The molecular weight excluding hydrogens is 275 g/mol. The van der Waals surface area contributed by atoms with E-state index in [-0.39, 0.29) is 12.2 Å². The minimum atomic E-state index is -1.41. The Morgan fingerprint density at radius 3 is 2.40 bits per heavy atom. The van der Waals surface area contributed by atoms with Crippen molar-refractivity contribution in [2.75, 3.05) is 5.32 Å². The van der Waals surface area contributed by atoms with E-state index >= 15 is 0 Å². The Balaban J connectivity index is 2.09. The zero-order valence-electron chi connectivity index (χ0n) is 9.94. The minimum Gasteiger partial charge on any atom is -0.363 e. The Bertz CT molecular complexity index is 647. The lowest BCUT2D eigenvalue weighted by molar-refractivity contribution is -0.384. The molecule has 0 aliphatic heterocycles. The van der Waals surface area contributed by atoms with Gasteiger partial charge in [-0.05, 0) is 5.56 Å². The summed E-state index contributed by atoms with van der Waals surface area (Å²) in [5.41, 5.74) is 0.521. The Hall–Kier alpha value is -2.64. The molecule has 8 heteroatoms. The third kappa shape index (κ3) is 3.02. The molecule has 1 aromatic carbocycles. The van der Waals surface area contributed by atoms with Crippen LogP contribution in [0.3, 0.4) is 0 Å². The van der Waals surface area contributed by atoms with Crippen LogP contribution in [0, 0.1) is 27.7 Å². The van der Waals surface area contributed by atoms with E-state index in [1.807, 2.05) is 0 Å². The highest BCUT2D eigenvalue weighted by Gasteiger charge is 2.11. The molecule has 0 radical (unpaired) electrons. The van der Waals surface area contributed by atoms with E-state index in [0.29, 0.717) is 11.6 Å². The Kier molecular flexibility index (Phi) is 3.83. The van der Waals surface area contributed by atoms with Gasteiger partial charge in [0.15, 0.2) is 17.5 Å². The zero-order chi connectivity index (χ0) is 14.7. The van der Waals surface area contributed by atoms with Gasteiger partial charge in [-0.2, -0.15) is 9.37 Å². The third-order valence-corrected chi connectivity index (χ3v) is 2.49. The van der Waals surface area contributed by atoms with Crippen LogP contribution in [0.1, 0.15) is 5.56 Å². The van der Waals surface area contributed by atoms with Gasteiger partial charge in [0.1, 0.15) is 0 Å². The maximum Gasteiger partial charge on any atom is 0.269 e. The van der Waals surface area contributed by atoms with Crippen molar-refractivity contribution < 1.29 is 18.1 Å². The van der Waals surface area contributed by atoms with Crippen LogP contribution < -0.4 is 5.32 Å². The highest BCUT2D eigenvalue weighted by Crippen LogP contribution is 2.16. The second-order valence-corrected chi connectivity index (χ2v) is 3.87. The van der Waals surface area contributed by atoms with Crippen LogP contribution >= 0.6 is 0 Å². The van der Waals surface area contributed by atoms with Gasteiger partial charge in [0.05, 0.1) is 4.92 Å². The molecule has 5 nitrogen and oxygen atoms in total. The maximum atomic E-state index is 13.3. The first-order valence-corrected chi connectivity index (χ1v) is 5.46. The summed E-state index contributed by atoms with van der Waals surface area (Å²) >= 11 is 0. The number of anilines is 1. The maximum absolute atomic E-state index is 13.3. The summed E-state index contributed by atoms with van der Waals surface area (Å²) in [6, 6.07) is 5.88. The van der Waals surface area contributed by atoms with Crippen LogP contribution in [-0.2, 0) is 6.54 Å². The second-order valence-electron chi connectivity index (χ2n) is 3.87. The summed E-state index contributed by atoms with van der Waals surface area (Å²) < 4.78 is 38.8. The minimum absolute atomic E-state index is 0.0625. The number of nitrogens with one attached hydrogen (secondary N) is 1. The van der Waals surface area contributed by atoms with E-state index in [9.17, 15) is 23.3 Å². The van der Waals surface area contributed by atoms with E-state index in [0.717, 1.165) is 0 Å². The Morgan fingerprint density at radius 2 is 1.80 bits per heavy atom. The molecule has 0 bridgehead atoms. The smallest absolute Gasteiger partial charge is 0.269 e. The summed E-state index contributed by atoms with van der Waals surface area (Å²) in [6.45, 7) is 0.0625. The highest BCUT2D eigenvalue weighted by atomic mass is 19.2. The van der Waals surface area contributed by atoms with Crippen LogP contribution in [0.2, 0.25) is 0 Å². The fourth-order valence-electron chi connectivity index (χ4n) is 1.49. The normalized spacial score (nSPS) is 10.3. The molecule has 0 aliphatic carbocycles. The van der Waals surface area contributed by atoms with Gasteiger partial charge in [-0.25, -0.2) is 8.78 Å². The monoisotopic (exact) mass is 283 g/mol. The average Bonchev–Trinajstić information content (AvgIpc) is 2.42. The van der Waals surface area contributed by atoms with Gasteiger partial charge in [-0.15, -0.1) is 0 Å². The third-order valence-electron chi connectivity index (χ3n) is 2.49. The van der Waals surface area contributed by atoms with Crippen LogP contribution in [0.15, 0.2) is 30.3 Å². The molecule has 2 rings (SSSR count). The van der Waals surface area contributed by atoms with Gasteiger partial charge in [-0.3, -0.25) is 10.1 Å². The number of hydrogen-bond donors (Lipinski definition) is 1. The molecule has 0 spiro atoms. The van der Waals surface area contributed by atoms with Gasteiger partial charge in [-0.1, -0.05) is 12.1 Å². The van der Waals surface area contributed by atoms with Crippen LogP contribution in [0.4, 0.5) is 24.7 Å². The average molecular weight is 283 g/mol. The number of aromatic nitrogens is 1. The number of benzene rings is 1. The van der Waals surface area contributed by atoms with Crippen LogP contribution in [0.25, 0.3) is 0 Å². The summed E-state index contributed by atoms with van der Waals surface area (Å²) in [7, 11) is 0. The van der Waals surface area contributed by atoms with Gasteiger partial charge < -0.3 is 5.32 Å². The first-order chi connectivity index (χ1) is 9.47. The number of non-ortho nitro benzene ring substituents is 1. The van der Waals surface area contributed by atoms with Crippen molar-refractivity contribution in [3.05, 3.63) is 63.6 Å². The molecule has 104 valence electrons. The molecule has 0 atom stereocenters. The number of nitro groups is 1. The van der Waals surface area contributed by atoms with Gasteiger partial charge in [0.25, 0.3) is 11.6 Å². The quantitative estimate of drug-likeness (QED) is 0.532. The van der Waals surface area contributed by atoms with Crippen molar-refractivity contribution >= 4 is 11.5 Å². The van der Waals surface area contributed by atoms with Crippen molar-refractivity contribution in [2.45, 2.75) is 6.54 Å². The molecule has 0 saturated carbocycles. The Labute approximate surface area is 111 Å². The molecular formula is C12H8F3N3O2. The standard InChI is InChI=1S/C12H8F3N3O2/c13-9-5-10(14)12(17-11(9)15)16-6-7-1-3-8(4-2-7)18(19)20/h1-5H,6H2,(H,16,17). The predicted octanol–water partition coefficient (Wildman–Crippen LogP) is 3.02. The van der Waals surface area contributed by atoms with E-state index in [2.05, 4.69) is 10.3 Å². The molecule has 2 aromatic rings. The Morgan fingerprint density at radius 1 is 1.15 bits per heavy atom. The fraction of sp³-hybridized carbons (Fsp3) is 0.0833. The number of rotatable bonds is 4. The summed E-state index contributed by atoms with van der Waals surface area (Å²) in [5.74, 6) is -4.23. The van der Waals surface area contributed by atoms with E-state index in [1.54, 1.807) is 0 Å². The molecule has 1 aromatic heterocycles. The number of hydrogen-bond acceptors (Lipinski definition) is 4. The van der Waals surface area contributed by atoms with Crippen LogP contribution in [0.5, 0.6) is 0 Å². The van der Waals surface area contributed by atoms with Crippen molar-refractivity contribution in [3.8, 4) is 0 Å². The van der Waals surface area contributed by atoms with Gasteiger partial charge in [0.2, 0.25) is 0 Å². The number of nitrogens with zero attached hydrogens (tertiary/aromatic N) is 2. The molecule has 1 heterocycles.